The van der Waals surface area contributed by atoms with Crippen LogP contribution in [0.25, 0.3) is 22.5 Å². The van der Waals surface area contributed by atoms with Crippen LogP contribution in [0, 0.1) is 0 Å². The van der Waals surface area contributed by atoms with Crippen LogP contribution < -0.4 is 16.6 Å². The van der Waals surface area contributed by atoms with Crippen LogP contribution in [0.2, 0.25) is 0 Å². The topological polar surface area (TPSA) is 112 Å². The number of amides is 1. The fourth-order valence-electron chi connectivity index (χ4n) is 2.94. The minimum Gasteiger partial charge on any atom is -0.422 e. The summed E-state index contributed by atoms with van der Waals surface area (Å²) in [5.74, 6) is -0.143. The number of nitrogens with one attached hydrogen (secondary N) is 1. The highest BCUT2D eigenvalue weighted by Crippen LogP contribution is 2.12. The molecule has 0 aliphatic carbocycles. The molecule has 146 valence electrons. The van der Waals surface area contributed by atoms with E-state index < -0.39 is 11.5 Å². The number of benzene rings is 1. The summed E-state index contributed by atoms with van der Waals surface area (Å²) in [5, 5.41) is 7.56. The molecule has 3 heterocycles. The Hall–Kier alpha value is -4.01. The SMILES string of the molecule is Cn1c(-c2ccccn2)nn(CCNC(=O)c2cc3ccccc3oc2=O)c1=O. The summed E-state index contributed by atoms with van der Waals surface area (Å²) >= 11 is 0. The Morgan fingerprint density at radius 3 is 2.72 bits per heavy atom. The van der Waals surface area contributed by atoms with E-state index in [0.717, 1.165) is 0 Å². The summed E-state index contributed by atoms with van der Waals surface area (Å²) in [6, 6.07) is 13.8. The van der Waals surface area contributed by atoms with Gasteiger partial charge in [-0.05, 0) is 24.3 Å². The second-order valence-corrected chi connectivity index (χ2v) is 6.34. The lowest BCUT2D eigenvalue weighted by Gasteiger charge is -2.05. The number of carbonyl (C=O) groups is 1. The van der Waals surface area contributed by atoms with Gasteiger partial charge in [0.05, 0.1) is 6.54 Å². The molecule has 0 spiro atoms. The third-order valence-corrected chi connectivity index (χ3v) is 4.43. The van der Waals surface area contributed by atoms with E-state index in [0.29, 0.717) is 22.5 Å². The van der Waals surface area contributed by atoms with E-state index >= 15 is 0 Å². The molecule has 0 radical (unpaired) electrons. The molecule has 0 aliphatic rings. The van der Waals surface area contributed by atoms with Crippen LogP contribution in [0.5, 0.6) is 0 Å². The van der Waals surface area contributed by atoms with Crippen molar-refractivity contribution < 1.29 is 9.21 Å². The lowest BCUT2D eigenvalue weighted by molar-refractivity contribution is 0.0948. The van der Waals surface area contributed by atoms with Gasteiger partial charge in [0.15, 0.2) is 5.82 Å². The second-order valence-electron chi connectivity index (χ2n) is 6.34. The van der Waals surface area contributed by atoms with E-state index in [9.17, 15) is 14.4 Å². The second kappa shape index (κ2) is 7.55. The normalized spacial score (nSPS) is 10.9. The molecule has 0 atom stereocenters. The van der Waals surface area contributed by atoms with Crippen LogP contribution >= 0.6 is 0 Å². The Morgan fingerprint density at radius 1 is 1.14 bits per heavy atom. The Kier molecular flexibility index (Phi) is 4.78. The predicted octanol–water partition coefficient (Wildman–Crippen LogP) is 1.18. The molecule has 0 fully saturated rings. The molecular formula is C20H17N5O4. The van der Waals surface area contributed by atoms with Crippen molar-refractivity contribution >= 4 is 16.9 Å². The van der Waals surface area contributed by atoms with E-state index in [-0.39, 0.29) is 24.3 Å². The molecule has 1 amide bonds. The van der Waals surface area contributed by atoms with Gasteiger partial charge in [0, 0.05) is 25.2 Å². The van der Waals surface area contributed by atoms with Crippen LogP contribution in [0.15, 0.2) is 68.7 Å². The van der Waals surface area contributed by atoms with Crippen LogP contribution in [-0.4, -0.2) is 31.8 Å². The Balaban J connectivity index is 1.48. The molecule has 0 aliphatic heterocycles. The lowest BCUT2D eigenvalue weighted by atomic mass is 10.2. The summed E-state index contributed by atoms with van der Waals surface area (Å²) in [6.45, 7) is 0.258. The van der Waals surface area contributed by atoms with E-state index in [2.05, 4.69) is 15.4 Å². The molecule has 3 aromatic heterocycles. The first kappa shape index (κ1) is 18.4. The van der Waals surface area contributed by atoms with Crippen molar-refractivity contribution in [2.24, 2.45) is 7.05 Å². The van der Waals surface area contributed by atoms with Gasteiger partial charge in [-0.15, -0.1) is 5.10 Å². The number of pyridine rings is 1. The third-order valence-electron chi connectivity index (χ3n) is 4.43. The molecule has 0 unspecified atom stereocenters. The number of aromatic nitrogens is 4. The van der Waals surface area contributed by atoms with Gasteiger partial charge in [0.2, 0.25) is 0 Å². The zero-order valence-electron chi connectivity index (χ0n) is 15.5. The Labute approximate surface area is 164 Å². The molecule has 4 rings (SSSR count). The monoisotopic (exact) mass is 391 g/mol. The van der Waals surface area contributed by atoms with Crippen molar-refractivity contribution in [3.05, 3.63) is 81.2 Å². The van der Waals surface area contributed by atoms with Crippen molar-refractivity contribution in [2.45, 2.75) is 6.54 Å². The quantitative estimate of drug-likeness (QED) is 0.511. The number of hydrogen-bond donors (Lipinski definition) is 1. The first-order valence-electron chi connectivity index (χ1n) is 8.91. The smallest absolute Gasteiger partial charge is 0.349 e. The average Bonchev–Trinajstić information content (AvgIpc) is 3.02. The van der Waals surface area contributed by atoms with Crippen molar-refractivity contribution in [3.8, 4) is 11.5 Å². The molecular weight excluding hydrogens is 374 g/mol. The van der Waals surface area contributed by atoms with E-state index in [1.165, 1.54) is 15.3 Å². The first-order chi connectivity index (χ1) is 14.0. The lowest BCUT2D eigenvalue weighted by Crippen LogP contribution is -2.33. The zero-order chi connectivity index (χ0) is 20.4. The molecule has 1 N–H and O–H groups in total. The van der Waals surface area contributed by atoms with Crippen LogP contribution in [0.1, 0.15) is 10.4 Å². The van der Waals surface area contributed by atoms with Crippen LogP contribution in [0.3, 0.4) is 0 Å². The van der Waals surface area contributed by atoms with Gasteiger partial charge in [0.1, 0.15) is 16.8 Å². The van der Waals surface area contributed by atoms with Crippen LogP contribution in [-0.2, 0) is 13.6 Å². The molecule has 0 bridgehead atoms. The average molecular weight is 391 g/mol. The Morgan fingerprint density at radius 2 is 1.93 bits per heavy atom. The summed E-state index contributed by atoms with van der Waals surface area (Å²) in [7, 11) is 1.61. The van der Waals surface area contributed by atoms with E-state index in [4.69, 9.17) is 4.42 Å². The molecule has 29 heavy (non-hydrogen) atoms. The largest absolute Gasteiger partial charge is 0.422 e. The van der Waals surface area contributed by atoms with Gasteiger partial charge in [0.25, 0.3) is 5.91 Å². The fraction of sp³-hybridized carbons (Fsp3) is 0.150. The zero-order valence-corrected chi connectivity index (χ0v) is 15.5. The summed E-state index contributed by atoms with van der Waals surface area (Å²) < 4.78 is 7.81. The van der Waals surface area contributed by atoms with Gasteiger partial charge < -0.3 is 9.73 Å². The maximum absolute atomic E-state index is 12.4. The van der Waals surface area contributed by atoms with Gasteiger partial charge in [-0.1, -0.05) is 24.3 Å². The maximum Gasteiger partial charge on any atom is 0.349 e. The highest BCUT2D eigenvalue weighted by atomic mass is 16.4. The summed E-state index contributed by atoms with van der Waals surface area (Å²) in [5.41, 5.74) is -0.148. The number of hydrogen-bond acceptors (Lipinski definition) is 6. The number of fused-ring (bicyclic) bond motifs is 1. The Bertz CT molecular complexity index is 1300. The summed E-state index contributed by atoms with van der Waals surface area (Å²) in [4.78, 5) is 41.0. The van der Waals surface area contributed by atoms with Crippen molar-refractivity contribution in [1.82, 2.24) is 24.6 Å². The van der Waals surface area contributed by atoms with Crippen LogP contribution in [0.4, 0.5) is 0 Å². The number of carbonyl (C=O) groups excluding carboxylic acids is 1. The molecule has 0 saturated carbocycles. The standard InChI is InChI=1S/C20H17N5O4/c1-24-17(15-7-4-5-9-21-15)23-25(20(24)28)11-10-22-18(26)14-12-13-6-2-3-8-16(13)29-19(14)27/h2-9,12H,10-11H2,1H3,(H,22,26). The molecule has 0 saturated heterocycles. The fourth-order valence-corrected chi connectivity index (χ4v) is 2.94. The van der Waals surface area contributed by atoms with Gasteiger partial charge in [-0.25, -0.2) is 14.3 Å². The maximum atomic E-state index is 12.4. The van der Waals surface area contributed by atoms with Gasteiger partial charge in [-0.2, -0.15) is 0 Å². The molecule has 1 aromatic carbocycles. The van der Waals surface area contributed by atoms with E-state index in [1.54, 1.807) is 55.7 Å². The number of nitrogens with zero attached hydrogens (tertiary/aromatic N) is 4. The van der Waals surface area contributed by atoms with Gasteiger partial charge in [-0.3, -0.25) is 14.3 Å². The third kappa shape index (κ3) is 3.57. The first-order valence-corrected chi connectivity index (χ1v) is 8.91. The number of para-hydroxylation sites is 1. The van der Waals surface area contributed by atoms with Crippen molar-refractivity contribution in [3.63, 3.8) is 0 Å². The molecule has 9 heteroatoms. The summed E-state index contributed by atoms with van der Waals surface area (Å²) in [6.07, 6.45) is 1.62. The predicted molar refractivity (Wildman–Crippen MR) is 106 cm³/mol. The highest BCUT2D eigenvalue weighted by molar-refractivity contribution is 5.96. The molecule has 9 nitrogen and oxygen atoms in total. The minimum atomic E-state index is -0.714. The molecule has 4 aromatic rings. The van der Waals surface area contributed by atoms with Crippen molar-refractivity contribution in [1.29, 1.82) is 0 Å². The highest BCUT2D eigenvalue weighted by Gasteiger charge is 2.15. The van der Waals surface area contributed by atoms with Crippen molar-refractivity contribution in [2.75, 3.05) is 6.54 Å². The minimum absolute atomic E-state index is 0.0914. The number of rotatable bonds is 5. The van der Waals surface area contributed by atoms with E-state index in [1.807, 2.05) is 0 Å². The van der Waals surface area contributed by atoms with Gasteiger partial charge >= 0.3 is 11.3 Å².